The maximum absolute atomic E-state index is 13.2. The first-order valence-corrected chi connectivity index (χ1v) is 11.1. The number of rotatable bonds is 6. The number of carbonyl (C=O) groups excluding carboxylic acids is 1. The smallest absolute Gasteiger partial charge is 0.273 e. The van der Waals surface area contributed by atoms with E-state index in [9.17, 15) is 4.79 Å². The van der Waals surface area contributed by atoms with E-state index < -0.39 is 0 Å². The van der Waals surface area contributed by atoms with E-state index >= 15 is 0 Å². The lowest BCUT2D eigenvalue weighted by Gasteiger charge is -2.37. The lowest BCUT2D eigenvalue weighted by Crippen LogP contribution is -2.49. The summed E-state index contributed by atoms with van der Waals surface area (Å²) in [6.07, 6.45) is 5.66. The van der Waals surface area contributed by atoms with Crippen molar-refractivity contribution < 1.29 is 9.53 Å². The van der Waals surface area contributed by atoms with Crippen molar-refractivity contribution in [2.45, 2.75) is 38.8 Å². The maximum atomic E-state index is 13.2. The van der Waals surface area contributed by atoms with Crippen LogP contribution in [0.3, 0.4) is 0 Å². The van der Waals surface area contributed by atoms with E-state index in [1.54, 1.807) is 18.0 Å². The zero-order chi connectivity index (χ0) is 21.1. The summed E-state index contributed by atoms with van der Waals surface area (Å²) in [6.45, 7) is 6.05. The Kier molecular flexibility index (Phi) is 6.15. The highest BCUT2D eigenvalue weighted by molar-refractivity contribution is 7.13. The molecule has 0 saturated carbocycles. The van der Waals surface area contributed by atoms with Crippen molar-refractivity contribution in [3.63, 3.8) is 0 Å². The van der Waals surface area contributed by atoms with Gasteiger partial charge in [-0.25, -0.2) is 9.67 Å². The molecule has 1 aliphatic rings. The lowest BCUT2D eigenvalue weighted by molar-refractivity contribution is 0.0560. The quantitative estimate of drug-likeness (QED) is 0.653. The fourth-order valence-corrected chi connectivity index (χ4v) is 4.64. The van der Waals surface area contributed by atoms with Crippen LogP contribution >= 0.6 is 11.3 Å². The summed E-state index contributed by atoms with van der Waals surface area (Å²) >= 11 is 1.47. The van der Waals surface area contributed by atoms with E-state index in [0.717, 1.165) is 47.9 Å². The molecule has 158 valence electrons. The van der Waals surface area contributed by atoms with Crippen LogP contribution in [0, 0.1) is 0 Å². The minimum atomic E-state index is 0.0135. The van der Waals surface area contributed by atoms with Gasteiger partial charge in [0.2, 0.25) is 0 Å². The summed E-state index contributed by atoms with van der Waals surface area (Å²) < 4.78 is 7.08. The van der Waals surface area contributed by atoms with Crippen LogP contribution < -0.4 is 10.1 Å². The van der Waals surface area contributed by atoms with Crippen molar-refractivity contribution in [1.29, 1.82) is 0 Å². The number of hydrogen-bond donors (Lipinski definition) is 1. The number of thiazole rings is 1. The van der Waals surface area contributed by atoms with Crippen molar-refractivity contribution in [3.05, 3.63) is 47.7 Å². The fraction of sp³-hybridized carbons (Fsp3) is 0.409. The van der Waals surface area contributed by atoms with E-state index in [-0.39, 0.29) is 18.0 Å². The maximum Gasteiger partial charge on any atom is 0.273 e. The van der Waals surface area contributed by atoms with Gasteiger partial charge < -0.3 is 15.0 Å². The third-order valence-electron chi connectivity index (χ3n) is 5.36. The van der Waals surface area contributed by atoms with Gasteiger partial charge in [-0.15, -0.1) is 11.3 Å². The van der Waals surface area contributed by atoms with Gasteiger partial charge in [-0.1, -0.05) is 6.07 Å². The number of aromatic nitrogens is 3. The number of carbonyl (C=O) groups is 1. The van der Waals surface area contributed by atoms with Crippen LogP contribution in [0.1, 0.15) is 37.2 Å². The first-order chi connectivity index (χ1) is 14.6. The molecule has 0 bridgehead atoms. The number of methoxy groups -OCH3 is 1. The summed E-state index contributed by atoms with van der Waals surface area (Å²) in [4.78, 5) is 19.9. The Morgan fingerprint density at radius 2 is 2.13 bits per heavy atom. The molecular formula is C22H27N5O2S. The molecule has 30 heavy (non-hydrogen) atoms. The second-order valence-electron chi connectivity index (χ2n) is 7.70. The standard InChI is InChI=1S/C22H27N5O2S/c1-15(2)27(17-7-9-23-10-8-17)22(28)20-14-30-21(25-20)16-12-24-26(13-16)18-5-4-6-19(11-18)29-3/h4-6,11-15,17,23H,7-10H2,1-3H3. The van der Waals surface area contributed by atoms with Crippen LogP contribution in [0.15, 0.2) is 42.0 Å². The molecule has 0 atom stereocenters. The Morgan fingerprint density at radius 3 is 2.87 bits per heavy atom. The molecule has 1 saturated heterocycles. The number of hydrogen-bond acceptors (Lipinski definition) is 6. The van der Waals surface area contributed by atoms with Crippen LogP contribution in [-0.2, 0) is 0 Å². The molecule has 1 amide bonds. The Balaban J connectivity index is 1.55. The van der Waals surface area contributed by atoms with Gasteiger partial charge in [0.05, 0.1) is 19.0 Å². The zero-order valence-electron chi connectivity index (χ0n) is 17.5. The highest BCUT2D eigenvalue weighted by Crippen LogP contribution is 2.27. The van der Waals surface area contributed by atoms with Gasteiger partial charge in [0, 0.05) is 35.3 Å². The van der Waals surface area contributed by atoms with Gasteiger partial charge >= 0.3 is 0 Å². The summed E-state index contributed by atoms with van der Waals surface area (Å²) in [5.74, 6) is 0.790. The molecule has 3 aromatic rings. The Bertz CT molecular complexity index is 1010. The molecule has 1 N–H and O–H groups in total. The highest BCUT2D eigenvalue weighted by atomic mass is 32.1. The molecule has 2 aromatic heterocycles. The average molecular weight is 426 g/mol. The second kappa shape index (κ2) is 8.97. The molecule has 1 aliphatic heterocycles. The van der Waals surface area contributed by atoms with E-state index in [1.807, 2.05) is 40.7 Å². The zero-order valence-corrected chi connectivity index (χ0v) is 18.4. The fourth-order valence-electron chi connectivity index (χ4n) is 3.87. The van der Waals surface area contributed by atoms with Gasteiger partial charge in [0.25, 0.3) is 5.91 Å². The molecule has 1 fully saturated rings. The largest absolute Gasteiger partial charge is 0.497 e. The molecule has 0 unspecified atom stereocenters. The van der Waals surface area contributed by atoms with Gasteiger partial charge in [-0.05, 0) is 51.9 Å². The molecule has 7 nitrogen and oxygen atoms in total. The Morgan fingerprint density at radius 1 is 1.33 bits per heavy atom. The first kappa shape index (κ1) is 20.6. The van der Waals surface area contributed by atoms with Crippen LogP contribution in [0.5, 0.6) is 5.75 Å². The third-order valence-corrected chi connectivity index (χ3v) is 6.25. The number of nitrogens with one attached hydrogen (secondary N) is 1. The van der Waals surface area contributed by atoms with Crippen molar-refractivity contribution in [2.24, 2.45) is 0 Å². The van der Waals surface area contributed by atoms with Gasteiger partial charge in [0.15, 0.2) is 0 Å². The number of nitrogens with zero attached hydrogens (tertiary/aromatic N) is 4. The van der Waals surface area contributed by atoms with E-state index in [1.165, 1.54) is 11.3 Å². The second-order valence-corrected chi connectivity index (χ2v) is 8.56. The predicted octanol–water partition coefficient (Wildman–Crippen LogP) is 3.61. The van der Waals surface area contributed by atoms with Crippen LogP contribution in [0.2, 0.25) is 0 Å². The normalized spacial score (nSPS) is 14.8. The van der Waals surface area contributed by atoms with Crippen LogP contribution in [0.4, 0.5) is 0 Å². The van der Waals surface area contributed by atoms with E-state index in [0.29, 0.717) is 5.69 Å². The Hall–Kier alpha value is -2.71. The molecule has 0 aliphatic carbocycles. The average Bonchev–Trinajstić information content (AvgIpc) is 3.44. The number of benzene rings is 1. The predicted molar refractivity (Wildman–Crippen MR) is 118 cm³/mol. The van der Waals surface area contributed by atoms with Crippen molar-refractivity contribution in [2.75, 3.05) is 20.2 Å². The monoisotopic (exact) mass is 425 g/mol. The van der Waals surface area contributed by atoms with Crippen molar-refractivity contribution >= 4 is 17.2 Å². The van der Waals surface area contributed by atoms with Gasteiger partial charge in [-0.3, -0.25) is 4.79 Å². The minimum Gasteiger partial charge on any atom is -0.497 e. The lowest BCUT2D eigenvalue weighted by atomic mass is 10.0. The molecule has 4 rings (SSSR count). The van der Waals surface area contributed by atoms with Crippen molar-refractivity contribution in [1.82, 2.24) is 25.0 Å². The summed E-state index contributed by atoms with van der Waals surface area (Å²) in [6, 6.07) is 8.12. The summed E-state index contributed by atoms with van der Waals surface area (Å²) in [5, 5.41) is 10.5. The molecule has 0 radical (unpaired) electrons. The molecule has 3 heterocycles. The van der Waals surface area contributed by atoms with Gasteiger partial charge in [-0.2, -0.15) is 5.10 Å². The van der Waals surface area contributed by atoms with Gasteiger partial charge in [0.1, 0.15) is 16.5 Å². The van der Waals surface area contributed by atoms with Crippen LogP contribution in [-0.4, -0.2) is 57.9 Å². The first-order valence-electron chi connectivity index (χ1n) is 10.2. The molecular weight excluding hydrogens is 398 g/mol. The SMILES string of the molecule is COc1cccc(-n2cc(-c3nc(C(=O)N(C(C)C)C4CCNCC4)cs3)cn2)c1. The molecule has 1 aromatic carbocycles. The number of ether oxygens (including phenoxy) is 1. The third kappa shape index (κ3) is 4.24. The molecule has 8 heteroatoms. The van der Waals surface area contributed by atoms with E-state index in [4.69, 9.17) is 4.74 Å². The molecule has 0 spiro atoms. The topological polar surface area (TPSA) is 72.3 Å². The Labute approximate surface area is 180 Å². The minimum absolute atomic E-state index is 0.0135. The van der Waals surface area contributed by atoms with E-state index in [2.05, 4.69) is 29.2 Å². The number of amides is 1. The summed E-state index contributed by atoms with van der Waals surface area (Å²) in [5.41, 5.74) is 2.31. The number of piperidine rings is 1. The highest BCUT2D eigenvalue weighted by Gasteiger charge is 2.29. The van der Waals surface area contributed by atoms with Crippen LogP contribution in [0.25, 0.3) is 16.3 Å². The summed E-state index contributed by atoms with van der Waals surface area (Å²) in [7, 11) is 1.64. The van der Waals surface area contributed by atoms with Crippen molar-refractivity contribution in [3.8, 4) is 22.0 Å².